The van der Waals surface area contributed by atoms with Gasteiger partial charge in [-0.15, -0.1) is 0 Å². The van der Waals surface area contributed by atoms with Gasteiger partial charge in [-0.05, 0) is 31.1 Å². The zero-order valence-electron chi connectivity index (χ0n) is 8.79. The molecular formula is C11H19NO2. The minimum Gasteiger partial charge on any atom is -0.384 e. The quantitative estimate of drug-likeness (QED) is 0.694. The largest absolute Gasteiger partial charge is 0.384 e. The second kappa shape index (κ2) is 5.15. The molecule has 3 heteroatoms. The molecule has 1 aliphatic carbocycles. The van der Waals surface area contributed by atoms with Crippen LogP contribution in [0.2, 0.25) is 0 Å². The summed E-state index contributed by atoms with van der Waals surface area (Å²) >= 11 is 0. The first-order valence-electron chi connectivity index (χ1n) is 5.07. The lowest BCUT2D eigenvalue weighted by Crippen LogP contribution is -2.28. The van der Waals surface area contributed by atoms with Crippen LogP contribution in [-0.4, -0.2) is 19.6 Å². The second-order valence-electron chi connectivity index (χ2n) is 4.14. The second-order valence-corrected chi connectivity index (χ2v) is 4.14. The summed E-state index contributed by atoms with van der Waals surface area (Å²) in [5, 5.41) is 0. The van der Waals surface area contributed by atoms with Gasteiger partial charge in [-0.25, -0.2) is 0 Å². The number of primary amides is 1. The van der Waals surface area contributed by atoms with Crippen LogP contribution in [0.25, 0.3) is 0 Å². The van der Waals surface area contributed by atoms with Crippen LogP contribution in [0.15, 0.2) is 12.2 Å². The molecule has 0 bridgehead atoms. The van der Waals surface area contributed by atoms with Crippen molar-refractivity contribution in [1.82, 2.24) is 0 Å². The molecule has 3 nitrogen and oxygen atoms in total. The Balaban J connectivity index is 2.52. The smallest absolute Gasteiger partial charge is 0.217 e. The van der Waals surface area contributed by atoms with Gasteiger partial charge in [0.25, 0.3) is 0 Å². The number of rotatable bonds is 4. The Kier molecular flexibility index (Phi) is 4.14. The van der Waals surface area contributed by atoms with Crippen LogP contribution in [0.3, 0.4) is 0 Å². The van der Waals surface area contributed by atoms with E-state index in [1.54, 1.807) is 7.11 Å². The molecule has 1 saturated carbocycles. The lowest BCUT2D eigenvalue weighted by molar-refractivity contribution is -0.119. The molecule has 1 amide bonds. The number of nitrogens with two attached hydrogens (primary N) is 1. The normalized spacial score (nSPS) is 27.6. The fourth-order valence-corrected chi connectivity index (χ4v) is 2.20. The van der Waals surface area contributed by atoms with E-state index in [2.05, 4.69) is 6.58 Å². The van der Waals surface area contributed by atoms with E-state index in [9.17, 15) is 4.79 Å². The lowest BCUT2D eigenvalue weighted by atomic mass is 9.76. The molecule has 1 fully saturated rings. The van der Waals surface area contributed by atoms with Crippen LogP contribution >= 0.6 is 0 Å². The van der Waals surface area contributed by atoms with Crippen LogP contribution < -0.4 is 5.73 Å². The van der Waals surface area contributed by atoms with E-state index in [1.807, 2.05) is 0 Å². The summed E-state index contributed by atoms with van der Waals surface area (Å²) in [5.41, 5.74) is 6.49. The van der Waals surface area contributed by atoms with Gasteiger partial charge < -0.3 is 10.5 Å². The van der Waals surface area contributed by atoms with Crippen molar-refractivity contribution in [3.8, 4) is 0 Å². The van der Waals surface area contributed by atoms with Crippen molar-refractivity contribution < 1.29 is 9.53 Å². The summed E-state index contributed by atoms with van der Waals surface area (Å²) in [5.74, 6) is 0.607. The molecule has 1 rings (SSSR count). The van der Waals surface area contributed by atoms with Gasteiger partial charge in [0.15, 0.2) is 0 Å². The average Bonchev–Trinajstić information content (AvgIpc) is 2.09. The Hall–Kier alpha value is -0.830. The summed E-state index contributed by atoms with van der Waals surface area (Å²) in [6, 6.07) is 0. The zero-order chi connectivity index (χ0) is 10.6. The van der Waals surface area contributed by atoms with Gasteiger partial charge in [0.1, 0.15) is 0 Å². The van der Waals surface area contributed by atoms with Gasteiger partial charge in [0.05, 0.1) is 0 Å². The number of allylic oxidation sites excluding steroid dienone is 1. The van der Waals surface area contributed by atoms with Crippen molar-refractivity contribution in [2.45, 2.75) is 25.7 Å². The Morgan fingerprint density at radius 2 is 2.36 bits per heavy atom. The van der Waals surface area contributed by atoms with Gasteiger partial charge in [0, 0.05) is 20.1 Å². The average molecular weight is 197 g/mol. The number of hydrogen-bond acceptors (Lipinski definition) is 2. The van der Waals surface area contributed by atoms with Gasteiger partial charge in [0.2, 0.25) is 5.91 Å². The maximum absolute atomic E-state index is 10.9. The molecule has 2 unspecified atom stereocenters. The number of carbonyl (C=O) groups excluding carboxylic acids is 1. The summed E-state index contributed by atoms with van der Waals surface area (Å²) in [7, 11) is 1.69. The minimum absolute atomic E-state index is 0.205. The Morgan fingerprint density at radius 1 is 1.64 bits per heavy atom. The Labute approximate surface area is 85.3 Å². The van der Waals surface area contributed by atoms with E-state index < -0.39 is 0 Å². The highest BCUT2D eigenvalue weighted by molar-refractivity contribution is 5.74. The molecule has 0 aromatic heterocycles. The van der Waals surface area contributed by atoms with Gasteiger partial charge in [-0.1, -0.05) is 12.2 Å². The molecule has 80 valence electrons. The summed E-state index contributed by atoms with van der Waals surface area (Å²) in [6.45, 7) is 4.69. The van der Waals surface area contributed by atoms with Crippen molar-refractivity contribution in [2.75, 3.05) is 13.7 Å². The highest BCUT2D eigenvalue weighted by atomic mass is 16.5. The number of amides is 1. The summed E-state index contributed by atoms with van der Waals surface area (Å²) < 4.78 is 5.15. The van der Waals surface area contributed by atoms with E-state index in [0.717, 1.165) is 19.3 Å². The standard InChI is InChI=1S/C11H19NO2/c1-8-3-4-9(6-11(12)13)10(5-8)7-14-2/h9-10H,1,3-7H2,2H3,(H2,12,13). The highest BCUT2D eigenvalue weighted by Gasteiger charge is 2.27. The molecule has 0 aromatic rings. The topological polar surface area (TPSA) is 52.3 Å². The van der Waals surface area contributed by atoms with Gasteiger partial charge >= 0.3 is 0 Å². The van der Waals surface area contributed by atoms with Crippen LogP contribution in [0.5, 0.6) is 0 Å². The third-order valence-electron chi connectivity index (χ3n) is 2.93. The summed E-state index contributed by atoms with van der Waals surface area (Å²) in [6.07, 6.45) is 3.51. The monoisotopic (exact) mass is 197 g/mol. The zero-order valence-corrected chi connectivity index (χ0v) is 8.79. The van der Waals surface area contributed by atoms with E-state index in [0.29, 0.717) is 24.9 Å². The van der Waals surface area contributed by atoms with Gasteiger partial charge in [-0.2, -0.15) is 0 Å². The van der Waals surface area contributed by atoms with Crippen LogP contribution in [-0.2, 0) is 9.53 Å². The Morgan fingerprint density at radius 3 is 2.93 bits per heavy atom. The number of ether oxygens (including phenoxy) is 1. The van der Waals surface area contributed by atoms with E-state index in [4.69, 9.17) is 10.5 Å². The first kappa shape index (κ1) is 11.2. The molecule has 2 atom stereocenters. The van der Waals surface area contributed by atoms with E-state index in [-0.39, 0.29) is 5.91 Å². The number of hydrogen-bond donors (Lipinski definition) is 1. The lowest BCUT2D eigenvalue weighted by Gasteiger charge is -2.31. The molecule has 2 N–H and O–H groups in total. The fourth-order valence-electron chi connectivity index (χ4n) is 2.20. The third kappa shape index (κ3) is 3.14. The van der Waals surface area contributed by atoms with Crippen LogP contribution in [0.1, 0.15) is 25.7 Å². The van der Waals surface area contributed by atoms with Crippen molar-refractivity contribution >= 4 is 5.91 Å². The molecule has 0 saturated heterocycles. The molecule has 0 aromatic carbocycles. The van der Waals surface area contributed by atoms with Crippen molar-refractivity contribution in [3.05, 3.63) is 12.2 Å². The number of methoxy groups -OCH3 is 1. The van der Waals surface area contributed by atoms with Crippen molar-refractivity contribution in [3.63, 3.8) is 0 Å². The maximum atomic E-state index is 10.9. The van der Waals surface area contributed by atoms with Crippen LogP contribution in [0.4, 0.5) is 0 Å². The molecular weight excluding hydrogens is 178 g/mol. The predicted octanol–water partition coefficient (Wildman–Crippen LogP) is 1.48. The molecule has 0 radical (unpaired) electrons. The van der Waals surface area contributed by atoms with E-state index >= 15 is 0 Å². The highest BCUT2D eigenvalue weighted by Crippen LogP contribution is 2.34. The first-order valence-corrected chi connectivity index (χ1v) is 5.07. The Bertz CT molecular complexity index is 223. The molecule has 14 heavy (non-hydrogen) atoms. The molecule has 1 aliphatic rings. The van der Waals surface area contributed by atoms with Crippen molar-refractivity contribution in [2.24, 2.45) is 17.6 Å². The molecule has 0 spiro atoms. The van der Waals surface area contributed by atoms with E-state index in [1.165, 1.54) is 5.57 Å². The predicted molar refractivity (Wildman–Crippen MR) is 55.7 cm³/mol. The first-order chi connectivity index (χ1) is 6.63. The SMILES string of the molecule is C=C1CCC(CC(N)=O)C(COC)C1. The maximum Gasteiger partial charge on any atom is 0.217 e. The summed E-state index contributed by atoms with van der Waals surface area (Å²) in [4.78, 5) is 10.9. The third-order valence-corrected chi connectivity index (χ3v) is 2.93. The molecule has 0 heterocycles. The minimum atomic E-state index is -0.205. The van der Waals surface area contributed by atoms with Crippen LogP contribution in [0, 0.1) is 11.8 Å². The number of carbonyl (C=O) groups is 1. The van der Waals surface area contributed by atoms with Crippen molar-refractivity contribution in [1.29, 1.82) is 0 Å². The fraction of sp³-hybridized carbons (Fsp3) is 0.727. The molecule has 0 aliphatic heterocycles. The van der Waals surface area contributed by atoms with Gasteiger partial charge in [-0.3, -0.25) is 4.79 Å².